The van der Waals surface area contributed by atoms with E-state index in [0.29, 0.717) is 23.5 Å². The summed E-state index contributed by atoms with van der Waals surface area (Å²) in [7, 11) is -5.41. The van der Waals surface area contributed by atoms with Crippen LogP contribution in [0.3, 0.4) is 0 Å². The van der Waals surface area contributed by atoms with Crippen molar-refractivity contribution < 1.29 is 18.8 Å². The van der Waals surface area contributed by atoms with Crippen molar-refractivity contribution in [2.75, 3.05) is 6.61 Å². The number of ketones is 1. The van der Waals surface area contributed by atoms with Crippen LogP contribution < -0.4 is 4.74 Å². The molecule has 0 amide bonds. The lowest BCUT2D eigenvalue weighted by Crippen LogP contribution is -2.46. The van der Waals surface area contributed by atoms with E-state index < -0.39 is 33.5 Å². The van der Waals surface area contributed by atoms with Gasteiger partial charge in [-0.25, -0.2) is 0 Å². The fourth-order valence-electron chi connectivity index (χ4n) is 4.84. The van der Waals surface area contributed by atoms with E-state index in [1.807, 2.05) is 18.2 Å². The number of phenolic OH excluding ortho intramolecular Hbond substituents is 1. The maximum atomic E-state index is 12.7. The van der Waals surface area contributed by atoms with Crippen molar-refractivity contribution in [3.63, 3.8) is 0 Å². The van der Waals surface area contributed by atoms with E-state index in [9.17, 15) is 9.90 Å². The zero-order chi connectivity index (χ0) is 24.9. The van der Waals surface area contributed by atoms with Crippen molar-refractivity contribution in [2.24, 2.45) is 0 Å². The van der Waals surface area contributed by atoms with Crippen LogP contribution >= 0.6 is 0 Å². The van der Waals surface area contributed by atoms with E-state index in [1.54, 1.807) is 30.3 Å². The van der Waals surface area contributed by atoms with Crippen molar-refractivity contribution in [1.82, 2.24) is 0 Å². The molecule has 0 heterocycles. The quantitative estimate of drug-likeness (QED) is 0.215. The number of hydrogen-bond acceptors (Lipinski definition) is 4. The molecule has 0 aliphatic rings. The zero-order valence-corrected chi connectivity index (χ0v) is 25.9. The molecule has 0 aliphatic carbocycles. The lowest BCUT2D eigenvalue weighted by molar-refractivity contribution is 0.103. The van der Waals surface area contributed by atoms with Crippen LogP contribution in [0.4, 0.5) is 0 Å². The van der Waals surface area contributed by atoms with Crippen LogP contribution in [-0.4, -0.2) is 51.0 Å². The molecule has 2 atom stereocenters. The third kappa shape index (κ3) is 11.9. The van der Waals surface area contributed by atoms with Gasteiger partial charge in [0.2, 0.25) is 0 Å². The second kappa shape index (κ2) is 13.7. The predicted octanol–water partition coefficient (Wildman–Crippen LogP) is 7.97. The van der Waals surface area contributed by atoms with Gasteiger partial charge in [0.25, 0.3) is 0 Å². The molecular formula is C27H50O4Si4. The molecule has 0 fully saturated rings. The van der Waals surface area contributed by atoms with Gasteiger partial charge in [0.05, 0.1) is 20.2 Å². The SMILES string of the molecule is C.C.C[SiH](C[Si](C)(CCOc1ccc(C(=O)c2ccccc2)c(O)c1)C[Si](C)(C)C)O[Si](C)(C)C. The molecule has 4 nitrogen and oxygen atoms in total. The van der Waals surface area contributed by atoms with E-state index in [1.165, 1.54) is 11.3 Å². The summed E-state index contributed by atoms with van der Waals surface area (Å²) >= 11 is 0. The van der Waals surface area contributed by atoms with Gasteiger partial charge in [-0.2, -0.15) is 0 Å². The maximum Gasteiger partial charge on any atom is 0.196 e. The van der Waals surface area contributed by atoms with Gasteiger partial charge in [0, 0.05) is 19.7 Å². The summed E-state index contributed by atoms with van der Waals surface area (Å²) in [5.41, 5.74) is 3.54. The van der Waals surface area contributed by atoms with Gasteiger partial charge in [-0.15, -0.1) is 0 Å². The smallest absolute Gasteiger partial charge is 0.196 e. The molecule has 0 aromatic heterocycles. The topological polar surface area (TPSA) is 55.8 Å². The first-order chi connectivity index (χ1) is 15.2. The first-order valence-electron chi connectivity index (χ1n) is 11.9. The van der Waals surface area contributed by atoms with Gasteiger partial charge >= 0.3 is 0 Å². The fourth-order valence-corrected chi connectivity index (χ4v) is 30.5. The Labute approximate surface area is 220 Å². The average Bonchev–Trinajstić information content (AvgIpc) is 2.65. The molecule has 0 saturated heterocycles. The first-order valence-corrected chi connectivity index (χ1v) is 24.6. The number of ether oxygens (including phenoxy) is 1. The van der Waals surface area contributed by atoms with Crippen LogP contribution in [0.2, 0.25) is 69.8 Å². The van der Waals surface area contributed by atoms with Crippen molar-refractivity contribution >= 4 is 39.3 Å². The molecule has 0 bridgehead atoms. The van der Waals surface area contributed by atoms with Gasteiger partial charge in [-0.1, -0.05) is 77.0 Å². The summed E-state index contributed by atoms with van der Waals surface area (Å²) in [6, 6.07) is 15.1. The van der Waals surface area contributed by atoms with Crippen LogP contribution in [0, 0.1) is 0 Å². The third-order valence-electron chi connectivity index (χ3n) is 5.52. The highest BCUT2D eigenvalue weighted by atomic mass is 28.4. The summed E-state index contributed by atoms with van der Waals surface area (Å²) in [5, 5.41) is 10.5. The van der Waals surface area contributed by atoms with Crippen molar-refractivity contribution in [3.8, 4) is 11.5 Å². The first kappa shape index (κ1) is 33.5. The molecule has 0 radical (unpaired) electrons. The van der Waals surface area contributed by atoms with Crippen LogP contribution in [0.1, 0.15) is 30.8 Å². The Hall–Kier alpha value is -1.46. The standard InChI is InChI=1S/C25H42O4Si4.2CH4/c1-30(29-32(5,6)7)19-33(8,20-31(2,3)4)17-16-28-22-14-15-23(24(26)18-22)25(27)21-12-10-9-11-13-21;;/h9-15,18,26,30H,16-17,19-20H2,1-8H3;2*1H4. The summed E-state index contributed by atoms with van der Waals surface area (Å²) in [6.07, 6.45) is 0. The largest absolute Gasteiger partial charge is 0.507 e. The van der Waals surface area contributed by atoms with E-state index in [2.05, 4.69) is 52.4 Å². The predicted molar refractivity (Wildman–Crippen MR) is 164 cm³/mol. The molecule has 1 N–H and O–H groups in total. The van der Waals surface area contributed by atoms with Crippen LogP contribution in [0.15, 0.2) is 48.5 Å². The minimum Gasteiger partial charge on any atom is -0.507 e. The Morgan fingerprint density at radius 2 is 1.54 bits per heavy atom. The van der Waals surface area contributed by atoms with Gasteiger partial charge in [-0.05, 0) is 50.0 Å². The summed E-state index contributed by atoms with van der Waals surface area (Å²) < 4.78 is 12.6. The van der Waals surface area contributed by atoms with Crippen molar-refractivity contribution in [3.05, 3.63) is 59.7 Å². The molecule has 0 aliphatic heterocycles. The molecule has 2 aromatic rings. The van der Waals surface area contributed by atoms with E-state index in [0.717, 1.165) is 6.04 Å². The molecule has 0 spiro atoms. The summed E-state index contributed by atoms with van der Waals surface area (Å²) in [4.78, 5) is 12.7. The number of hydrogen-bond donors (Lipinski definition) is 1. The molecule has 198 valence electrons. The van der Waals surface area contributed by atoms with Crippen LogP contribution in [0.25, 0.3) is 0 Å². The van der Waals surface area contributed by atoms with Crippen LogP contribution in [0.5, 0.6) is 11.5 Å². The van der Waals surface area contributed by atoms with Gasteiger partial charge in [0.1, 0.15) is 11.5 Å². The Morgan fingerprint density at radius 3 is 2.06 bits per heavy atom. The monoisotopic (exact) mass is 550 g/mol. The van der Waals surface area contributed by atoms with Gasteiger partial charge in [-0.3, -0.25) is 4.79 Å². The van der Waals surface area contributed by atoms with Gasteiger partial charge < -0.3 is 14.0 Å². The normalized spacial score (nSPS) is 14.2. The Morgan fingerprint density at radius 1 is 0.943 bits per heavy atom. The lowest BCUT2D eigenvalue weighted by atomic mass is 10.0. The highest BCUT2D eigenvalue weighted by molar-refractivity contribution is 6.99. The molecule has 2 rings (SSSR count). The molecular weight excluding hydrogens is 501 g/mol. The third-order valence-corrected chi connectivity index (χ3v) is 25.3. The molecule has 35 heavy (non-hydrogen) atoms. The highest BCUT2D eigenvalue weighted by Gasteiger charge is 2.36. The fraction of sp³-hybridized carbons (Fsp3) is 0.519. The number of benzene rings is 2. The van der Waals surface area contributed by atoms with Crippen molar-refractivity contribution in [2.45, 2.75) is 84.6 Å². The minimum absolute atomic E-state index is 0. The number of carbonyl (C=O) groups is 1. The highest BCUT2D eigenvalue weighted by Crippen LogP contribution is 2.31. The maximum absolute atomic E-state index is 12.7. The Balaban J connectivity index is 0.00000578. The molecule has 0 saturated carbocycles. The Kier molecular flexibility index (Phi) is 13.2. The number of phenols is 1. The molecule has 2 unspecified atom stereocenters. The van der Waals surface area contributed by atoms with E-state index >= 15 is 0 Å². The summed E-state index contributed by atoms with van der Waals surface area (Å²) in [5.74, 6) is 0.397. The second-order valence-electron chi connectivity index (χ2n) is 11.8. The zero-order valence-electron chi connectivity index (χ0n) is 21.7. The second-order valence-corrected chi connectivity index (χ2v) is 30.8. The Bertz CT molecular complexity index is 923. The van der Waals surface area contributed by atoms with Gasteiger partial charge in [0.15, 0.2) is 23.1 Å². The molecule has 2 aromatic carbocycles. The van der Waals surface area contributed by atoms with E-state index in [-0.39, 0.29) is 26.4 Å². The summed E-state index contributed by atoms with van der Waals surface area (Å²) in [6.45, 7) is 19.8. The van der Waals surface area contributed by atoms with Crippen LogP contribution in [-0.2, 0) is 4.12 Å². The number of aromatic hydroxyl groups is 1. The minimum atomic E-state index is -1.51. The average molecular weight is 551 g/mol. The molecule has 8 heteroatoms. The lowest BCUT2D eigenvalue weighted by Gasteiger charge is -2.36. The number of carbonyl (C=O) groups excluding carboxylic acids is 1. The number of rotatable bonds is 12. The van der Waals surface area contributed by atoms with E-state index in [4.69, 9.17) is 8.85 Å². The van der Waals surface area contributed by atoms with Crippen molar-refractivity contribution in [1.29, 1.82) is 0 Å².